The predicted octanol–water partition coefficient (Wildman–Crippen LogP) is 1.80. The van der Waals surface area contributed by atoms with E-state index in [4.69, 9.17) is 21.9 Å². The topological polar surface area (TPSA) is 162 Å². The summed E-state index contributed by atoms with van der Waals surface area (Å²) in [7, 11) is 0. The second-order valence-electron chi connectivity index (χ2n) is 6.93. The third-order valence-corrected chi connectivity index (χ3v) is 4.47. The molecular formula is C20H22FN7O3. The largest absolute Gasteiger partial charge is 0.444 e. The lowest BCUT2D eigenvalue weighted by Crippen LogP contribution is -2.26. The van der Waals surface area contributed by atoms with Crippen molar-refractivity contribution in [2.45, 2.75) is 25.9 Å². The van der Waals surface area contributed by atoms with Crippen LogP contribution in [0, 0.1) is 5.82 Å². The SMILES string of the molecule is CC(=O)CC[C@H]1CN(c2ccc(-c3ccc(N=C(N)N=C(N)N)cn3)c(F)c2)C(=O)O1. The summed E-state index contributed by atoms with van der Waals surface area (Å²) in [6, 6.07) is 7.54. The lowest BCUT2D eigenvalue weighted by Gasteiger charge is -2.14. The molecule has 0 spiro atoms. The molecule has 1 aliphatic rings. The number of pyridine rings is 1. The molecule has 1 fully saturated rings. The minimum atomic E-state index is -0.570. The molecule has 10 nitrogen and oxygen atoms in total. The molecule has 1 atom stereocenters. The van der Waals surface area contributed by atoms with E-state index in [1.165, 1.54) is 30.2 Å². The Labute approximate surface area is 177 Å². The van der Waals surface area contributed by atoms with E-state index in [9.17, 15) is 14.0 Å². The van der Waals surface area contributed by atoms with Crippen LogP contribution in [0.1, 0.15) is 19.8 Å². The van der Waals surface area contributed by atoms with Crippen LogP contribution in [0.3, 0.4) is 0 Å². The van der Waals surface area contributed by atoms with Gasteiger partial charge in [0.1, 0.15) is 17.7 Å². The normalized spacial score (nSPS) is 16.2. The molecule has 0 radical (unpaired) electrons. The third-order valence-electron chi connectivity index (χ3n) is 4.47. The van der Waals surface area contributed by atoms with Crippen molar-refractivity contribution in [2.24, 2.45) is 27.2 Å². The van der Waals surface area contributed by atoms with Gasteiger partial charge in [-0.05, 0) is 43.7 Å². The van der Waals surface area contributed by atoms with Crippen molar-refractivity contribution in [1.29, 1.82) is 0 Å². The van der Waals surface area contributed by atoms with Gasteiger partial charge < -0.3 is 26.7 Å². The summed E-state index contributed by atoms with van der Waals surface area (Å²) in [5.74, 6) is -0.890. The van der Waals surface area contributed by atoms with E-state index in [2.05, 4.69) is 15.0 Å². The molecule has 0 saturated carbocycles. The minimum Gasteiger partial charge on any atom is -0.444 e. The number of aliphatic imine (C=N–C) groups is 2. The number of guanidine groups is 2. The Morgan fingerprint density at radius 3 is 2.68 bits per heavy atom. The number of carbonyl (C=O) groups is 2. The highest BCUT2D eigenvalue weighted by Gasteiger charge is 2.32. The number of amides is 1. The molecule has 2 aromatic rings. The Morgan fingerprint density at radius 1 is 1.29 bits per heavy atom. The Balaban J connectivity index is 1.75. The molecule has 0 bridgehead atoms. The highest BCUT2D eigenvalue weighted by molar-refractivity contribution is 5.93. The summed E-state index contributed by atoms with van der Waals surface area (Å²) >= 11 is 0. The van der Waals surface area contributed by atoms with E-state index in [-0.39, 0.29) is 29.8 Å². The number of aromatic nitrogens is 1. The maximum atomic E-state index is 14.8. The Kier molecular flexibility index (Phi) is 6.43. The molecule has 1 aromatic heterocycles. The zero-order valence-electron chi connectivity index (χ0n) is 16.8. The van der Waals surface area contributed by atoms with E-state index in [0.29, 0.717) is 29.9 Å². The first-order chi connectivity index (χ1) is 14.7. The number of carbonyl (C=O) groups excluding carboxylic acids is 2. The Hall–Kier alpha value is -4.02. The molecule has 11 heteroatoms. The second-order valence-corrected chi connectivity index (χ2v) is 6.93. The fourth-order valence-electron chi connectivity index (χ4n) is 3.03. The van der Waals surface area contributed by atoms with Crippen molar-refractivity contribution in [3.63, 3.8) is 0 Å². The number of Topliss-reactive ketones (excluding diaryl/α,β-unsaturated/α-hetero) is 1. The molecule has 6 N–H and O–H groups in total. The van der Waals surface area contributed by atoms with Gasteiger partial charge in [0, 0.05) is 12.0 Å². The van der Waals surface area contributed by atoms with E-state index < -0.39 is 18.0 Å². The second kappa shape index (κ2) is 9.20. The molecule has 162 valence electrons. The van der Waals surface area contributed by atoms with Crippen LogP contribution in [0.25, 0.3) is 11.3 Å². The van der Waals surface area contributed by atoms with E-state index in [0.717, 1.165) is 0 Å². The predicted molar refractivity (Wildman–Crippen MR) is 114 cm³/mol. The summed E-state index contributed by atoms with van der Waals surface area (Å²) < 4.78 is 20.0. The van der Waals surface area contributed by atoms with Crippen molar-refractivity contribution in [2.75, 3.05) is 11.4 Å². The van der Waals surface area contributed by atoms with Gasteiger partial charge in [0.15, 0.2) is 5.96 Å². The number of anilines is 1. The monoisotopic (exact) mass is 427 g/mol. The molecule has 31 heavy (non-hydrogen) atoms. The number of hydrogen-bond acceptors (Lipinski definition) is 5. The van der Waals surface area contributed by atoms with Gasteiger partial charge in [0.05, 0.1) is 29.8 Å². The number of benzene rings is 1. The summed E-state index contributed by atoms with van der Waals surface area (Å²) in [6.07, 6.45) is 1.18. The van der Waals surface area contributed by atoms with Gasteiger partial charge in [0.2, 0.25) is 5.96 Å². The highest BCUT2D eigenvalue weighted by Crippen LogP contribution is 2.29. The van der Waals surface area contributed by atoms with Crippen LogP contribution in [0.4, 0.5) is 20.6 Å². The first-order valence-corrected chi connectivity index (χ1v) is 9.40. The fourth-order valence-corrected chi connectivity index (χ4v) is 3.03. The number of nitrogens with two attached hydrogens (primary N) is 3. The van der Waals surface area contributed by atoms with Crippen LogP contribution in [-0.2, 0) is 9.53 Å². The zero-order chi connectivity index (χ0) is 22.5. The van der Waals surface area contributed by atoms with Crippen molar-refractivity contribution >= 4 is 35.2 Å². The molecule has 1 amide bonds. The minimum absolute atomic E-state index is 0.0213. The van der Waals surface area contributed by atoms with Gasteiger partial charge in [-0.3, -0.25) is 9.88 Å². The fraction of sp³-hybridized carbons (Fsp3) is 0.250. The Bertz CT molecular complexity index is 1050. The van der Waals surface area contributed by atoms with E-state index in [1.807, 2.05) is 0 Å². The summed E-state index contributed by atoms with van der Waals surface area (Å²) in [6.45, 7) is 1.74. The number of halogens is 1. The van der Waals surface area contributed by atoms with Gasteiger partial charge in [-0.25, -0.2) is 14.2 Å². The van der Waals surface area contributed by atoms with Crippen molar-refractivity contribution in [1.82, 2.24) is 4.98 Å². The lowest BCUT2D eigenvalue weighted by atomic mass is 10.1. The zero-order valence-corrected chi connectivity index (χ0v) is 16.8. The van der Waals surface area contributed by atoms with Crippen LogP contribution < -0.4 is 22.1 Å². The van der Waals surface area contributed by atoms with E-state index >= 15 is 0 Å². The molecule has 1 saturated heterocycles. The quantitative estimate of drug-likeness (QED) is 0.467. The van der Waals surface area contributed by atoms with Crippen molar-refractivity contribution < 1.29 is 18.7 Å². The summed E-state index contributed by atoms with van der Waals surface area (Å²) in [5, 5.41) is 0. The van der Waals surface area contributed by atoms with Gasteiger partial charge in [-0.15, -0.1) is 0 Å². The van der Waals surface area contributed by atoms with Crippen LogP contribution >= 0.6 is 0 Å². The molecule has 2 heterocycles. The van der Waals surface area contributed by atoms with Crippen LogP contribution in [0.2, 0.25) is 0 Å². The van der Waals surface area contributed by atoms with Crippen molar-refractivity contribution in [3.05, 3.63) is 42.3 Å². The standard InChI is InChI=1S/C20H22FN7O3/c1-11(29)2-5-14-10-28(20(30)31-14)13-4-6-15(16(21)8-13)17-7-3-12(9-25-17)26-19(24)27-18(22)23/h3-4,6-9,14H,2,5,10H2,1H3,(H6,22,23,24,26,27)/t14-/m0/s1. The number of ketones is 1. The average molecular weight is 427 g/mol. The molecule has 1 aliphatic heterocycles. The molecule has 1 aromatic carbocycles. The number of hydrogen-bond donors (Lipinski definition) is 3. The van der Waals surface area contributed by atoms with Gasteiger partial charge in [-0.2, -0.15) is 4.99 Å². The number of rotatable bonds is 6. The number of ether oxygens (including phenoxy) is 1. The summed E-state index contributed by atoms with van der Waals surface area (Å²) in [5.41, 5.74) is 17.4. The van der Waals surface area contributed by atoms with Crippen molar-refractivity contribution in [3.8, 4) is 11.3 Å². The first-order valence-electron chi connectivity index (χ1n) is 9.40. The number of cyclic esters (lactones) is 1. The maximum Gasteiger partial charge on any atom is 0.414 e. The van der Waals surface area contributed by atoms with E-state index in [1.54, 1.807) is 18.2 Å². The molecule has 0 aliphatic carbocycles. The maximum absolute atomic E-state index is 14.8. The van der Waals surface area contributed by atoms with Gasteiger partial charge >= 0.3 is 6.09 Å². The first kappa shape index (κ1) is 21.7. The van der Waals surface area contributed by atoms with Gasteiger partial charge in [-0.1, -0.05) is 0 Å². The number of nitrogens with zero attached hydrogens (tertiary/aromatic N) is 4. The van der Waals surface area contributed by atoms with Gasteiger partial charge in [0.25, 0.3) is 0 Å². The molecule has 3 rings (SSSR count). The lowest BCUT2D eigenvalue weighted by molar-refractivity contribution is -0.117. The summed E-state index contributed by atoms with van der Waals surface area (Å²) in [4.78, 5) is 36.4. The third kappa shape index (κ3) is 5.53. The van der Waals surface area contributed by atoms with Crippen LogP contribution in [0.15, 0.2) is 46.5 Å². The highest BCUT2D eigenvalue weighted by atomic mass is 19.1. The Morgan fingerprint density at radius 2 is 2.06 bits per heavy atom. The molecule has 0 unspecified atom stereocenters. The van der Waals surface area contributed by atoms with Crippen LogP contribution in [-0.4, -0.2) is 41.4 Å². The van der Waals surface area contributed by atoms with Crippen LogP contribution in [0.5, 0.6) is 0 Å². The smallest absolute Gasteiger partial charge is 0.414 e. The molecular weight excluding hydrogens is 405 g/mol. The average Bonchev–Trinajstić information content (AvgIpc) is 3.07.